The van der Waals surface area contributed by atoms with Crippen LogP contribution in [-0.2, 0) is 23.9 Å². The van der Waals surface area contributed by atoms with Crippen molar-refractivity contribution in [2.75, 3.05) is 18.9 Å². The first kappa shape index (κ1) is 36.4. The zero-order chi connectivity index (χ0) is 36.9. The van der Waals surface area contributed by atoms with Crippen LogP contribution in [0, 0.1) is 11.2 Å². The molecule has 0 bridgehead atoms. The summed E-state index contributed by atoms with van der Waals surface area (Å²) in [5, 5.41) is 4.95. The zero-order valence-corrected chi connectivity index (χ0v) is 29.8. The van der Waals surface area contributed by atoms with E-state index in [1.807, 2.05) is 60.7 Å². The fourth-order valence-electron chi connectivity index (χ4n) is 6.10. The number of halogens is 1. The number of nitrogens with zero attached hydrogens (tertiary/aromatic N) is 1. The highest BCUT2D eigenvalue weighted by Crippen LogP contribution is 2.44. The average Bonchev–Trinajstić information content (AvgIpc) is 3.14. The van der Waals surface area contributed by atoms with Crippen molar-refractivity contribution in [3.63, 3.8) is 0 Å². The summed E-state index contributed by atoms with van der Waals surface area (Å²) in [6.07, 6.45) is -1.52. The van der Waals surface area contributed by atoms with E-state index in [2.05, 4.69) is 10.6 Å². The van der Waals surface area contributed by atoms with Gasteiger partial charge in [0.1, 0.15) is 46.6 Å². The molecule has 3 amide bonds. The SMILES string of the molecule is CC(C)(C)OC(=O)NC(C(=O)NC1C(=O)N2CC(COc3cccc(F)c3)(C(=O)OC(c3ccccc3)c3ccccc3)CS[C@H]12)c1ccccc1. The molecule has 270 valence electrons. The Labute approximate surface area is 306 Å². The summed E-state index contributed by atoms with van der Waals surface area (Å²) in [7, 11) is 0. The number of ether oxygens (including phenoxy) is 3. The van der Waals surface area contributed by atoms with E-state index in [0.717, 1.165) is 11.1 Å². The third-order valence-corrected chi connectivity index (χ3v) is 10.3. The molecule has 6 rings (SSSR count). The number of carbonyl (C=O) groups is 4. The quantitative estimate of drug-likeness (QED) is 0.139. The third-order valence-electron chi connectivity index (χ3n) is 8.67. The first-order chi connectivity index (χ1) is 24.9. The van der Waals surface area contributed by atoms with Gasteiger partial charge in [0.2, 0.25) is 11.8 Å². The summed E-state index contributed by atoms with van der Waals surface area (Å²) in [4.78, 5) is 56.1. The number of amides is 3. The number of esters is 1. The van der Waals surface area contributed by atoms with Crippen molar-refractivity contribution in [3.05, 3.63) is 138 Å². The Kier molecular flexibility index (Phi) is 10.8. The molecular weight excluding hydrogens is 686 g/mol. The Morgan fingerprint density at radius 3 is 2.06 bits per heavy atom. The van der Waals surface area contributed by atoms with Gasteiger partial charge in [-0.1, -0.05) is 97.1 Å². The number of hydrogen-bond donors (Lipinski definition) is 2. The van der Waals surface area contributed by atoms with Crippen LogP contribution < -0.4 is 15.4 Å². The molecule has 4 atom stereocenters. The second-order valence-electron chi connectivity index (χ2n) is 13.8. The Morgan fingerprint density at radius 2 is 1.48 bits per heavy atom. The molecule has 2 aliphatic heterocycles. The molecule has 0 spiro atoms. The summed E-state index contributed by atoms with van der Waals surface area (Å²) >= 11 is 1.31. The summed E-state index contributed by atoms with van der Waals surface area (Å²) in [6.45, 7) is 4.90. The largest absolute Gasteiger partial charge is 0.492 e. The molecule has 2 fully saturated rings. The van der Waals surface area contributed by atoms with Crippen molar-refractivity contribution in [3.8, 4) is 5.75 Å². The van der Waals surface area contributed by atoms with Gasteiger partial charge in [0.25, 0.3) is 0 Å². The summed E-state index contributed by atoms with van der Waals surface area (Å²) in [6, 6.07) is 30.9. The van der Waals surface area contributed by atoms with Crippen LogP contribution >= 0.6 is 11.8 Å². The lowest BCUT2D eigenvalue weighted by atomic mass is 9.87. The summed E-state index contributed by atoms with van der Waals surface area (Å²) in [5.74, 6) is -1.66. The Bertz CT molecular complexity index is 1850. The van der Waals surface area contributed by atoms with E-state index in [1.165, 1.54) is 34.9 Å². The fraction of sp³-hybridized carbons (Fsp3) is 0.300. The lowest BCUT2D eigenvalue weighted by Crippen LogP contribution is -2.74. The number of fused-ring (bicyclic) bond motifs is 1. The van der Waals surface area contributed by atoms with Crippen LogP contribution in [0.1, 0.15) is 49.6 Å². The highest BCUT2D eigenvalue weighted by atomic mass is 32.2. The summed E-state index contributed by atoms with van der Waals surface area (Å²) < 4.78 is 31.8. The first-order valence-corrected chi connectivity index (χ1v) is 17.9. The number of β-lactam (4-membered cyclic amide) rings is 1. The van der Waals surface area contributed by atoms with E-state index >= 15 is 0 Å². The van der Waals surface area contributed by atoms with Gasteiger partial charge in [-0.2, -0.15) is 0 Å². The molecule has 10 nitrogen and oxygen atoms in total. The van der Waals surface area contributed by atoms with Gasteiger partial charge in [-0.25, -0.2) is 9.18 Å². The lowest BCUT2D eigenvalue weighted by Gasteiger charge is -2.54. The molecule has 2 heterocycles. The first-order valence-electron chi connectivity index (χ1n) is 16.9. The Balaban J connectivity index is 1.22. The normalized spacial score (nSPS) is 20.2. The van der Waals surface area contributed by atoms with Crippen LogP contribution in [0.15, 0.2) is 115 Å². The predicted molar refractivity (Wildman–Crippen MR) is 194 cm³/mol. The number of nitrogens with one attached hydrogen (secondary N) is 2. The van der Waals surface area contributed by atoms with Gasteiger partial charge in [-0.3, -0.25) is 14.4 Å². The van der Waals surface area contributed by atoms with E-state index in [9.17, 15) is 23.6 Å². The molecule has 0 aromatic heterocycles. The molecule has 0 saturated carbocycles. The van der Waals surface area contributed by atoms with Crippen molar-refractivity contribution in [1.82, 2.24) is 15.5 Å². The van der Waals surface area contributed by atoms with Crippen LogP contribution in [0.2, 0.25) is 0 Å². The van der Waals surface area contributed by atoms with Crippen molar-refractivity contribution in [2.45, 2.75) is 49.9 Å². The van der Waals surface area contributed by atoms with Crippen LogP contribution in [0.3, 0.4) is 0 Å². The van der Waals surface area contributed by atoms with E-state index in [0.29, 0.717) is 5.56 Å². The van der Waals surface area contributed by atoms with Crippen molar-refractivity contribution >= 4 is 35.6 Å². The van der Waals surface area contributed by atoms with E-state index in [1.54, 1.807) is 57.2 Å². The standard InChI is InChI=1S/C40H40FN3O7S/c1-39(2,3)51-38(48)43-31(26-14-7-4-8-15-26)34(45)42-32-35(46)44-23-40(25-52-36(32)44,24-49-30-21-13-20-29(41)22-30)37(47)50-33(27-16-9-5-10-17-27)28-18-11-6-12-19-28/h4-22,31-33,36H,23-25H2,1-3H3,(H,42,45)(H,43,48)/t31?,32?,36-,40?/m1/s1. The molecule has 2 saturated heterocycles. The molecule has 52 heavy (non-hydrogen) atoms. The number of hydrogen-bond acceptors (Lipinski definition) is 8. The maximum absolute atomic E-state index is 14.4. The van der Waals surface area contributed by atoms with Crippen molar-refractivity contribution < 1.29 is 37.8 Å². The monoisotopic (exact) mass is 725 g/mol. The van der Waals surface area contributed by atoms with E-state index in [-0.39, 0.29) is 24.7 Å². The van der Waals surface area contributed by atoms with Crippen LogP contribution in [-0.4, -0.2) is 64.7 Å². The smallest absolute Gasteiger partial charge is 0.408 e. The van der Waals surface area contributed by atoms with E-state index in [4.69, 9.17) is 14.2 Å². The minimum atomic E-state index is -1.34. The molecule has 4 aromatic carbocycles. The van der Waals surface area contributed by atoms with Gasteiger partial charge in [-0.15, -0.1) is 11.8 Å². The Morgan fingerprint density at radius 1 is 0.885 bits per heavy atom. The minimum Gasteiger partial charge on any atom is -0.492 e. The third kappa shape index (κ3) is 8.39. The minimum absolute atomic E-state index is 0.0570. The molecule has 2 aliphatic rings. The van der Waals surface area contributed by atoms with Gasteiger partial charge in [0.05, 0.1) is 0 Å². The number of thioether (sulfide) groups is 1. The predicted octanol–water partition coefficient (Wildman–Crippen LogP) is 6.19. The zero-order valence-electron chi connectivity index (χ0n) is 29.0. The average molecular weight is 726 g/mol. The summed E-state index contributed by atoms with van der Waals surface area (Å²) in [5.41, 5.74) is -0.0987. The maximum Gasteiger partial charge on any atom is 0.408 e. The van der Waals surface area contributed by atoms with Crippen LogP contribution in [0.4, 0.5) is 9.18 Å². The number of rotatable bonds is 11. The molecule has 4 aromatic rings. The van der Waals surface area contributed by atoms with E-state index < -0.39 is 64.3 Å². The Hall–Kier alpha value is -5.36. The highest BCUT2D eigenvalue weighted by Gasteiger charge is 2.59. The van der Waals surface area contributed by atoms with Crippen LogP contribution in [0.25, 0.3) is 0 Å². The molecule has 0 aliphatic carbocycles. The van der Waals surface area contributed by atoms with Gasteiger partial charge in [-0.05, 0) is 49.6 Å². The number of carbonyl (C=O) groups excluding carboxylic acids is 4. The molecule has 2 N–H and O–H groups in total. The van der Waals surface area contributed by atoms with Crippen molar-refractivity contribution in [2.24, 2.45) is 5.41 Å². The molecular formula is C40H40FN3O7S. The lowest BCUT2D eigenvalue weighted by molar-refractivity contribution is -0.168. The topological polar surface area (TPSA) is 123 Å². The van der Waals surface area contributed by atoms with Gasteiger partial charge in [0, 0.05) is 18.4 Å². The molecule has 12 heteroatoms. The second kappa shape index (κ2) is 15.5. The van der Waals surface area contributed by atoms with Gasteiger partial charge in [0.15, 0.2) is 6.10 Å². The second-order valence-corrected chi connectivity index (χ2v) is 14.9. The number of benzene rings is 4. The van der Waals surface area contributed by atoms with Crippen LogP contribution in [0.5, 0.6) is 5.75 Å². The maximum atomic E-state index is 14.4. The van der Waals surface area contributed by atoms with Gasteiger partial charge >= 0.3 is 12.1 Å². The molecule has 3 unspecified atom stereocenters. The molecule has 0 radical (unpaired) electrons. The highest BCUT2D eigenvalue weighted by molar-refractivity contribution is 8.00. The van der Waals surface area contributed by atoms with Gasteiger partial charge < -0.3 is 29.7 Å². The van der Waals surface area contributed by atoms with Crippen molar-refractivity contribution in [1.29, 1.82) is 0 Å². The number of alkyl carbamates (subject to hydrolysis) is 1. The fourth-order valence-corrected chi connectivity index (χ4v) is 7.62.